The van der Waals surface area contributed by atoms with Crippen molar-refractivity contribution in [1.29, 1.82) is 0 Å². The van der Waals surface area contributed by atoms with Crippen molar-refractivity contribution in [1.82, 2.24) is 10.6 Å². The Hall–Kier alpha value is -0.770. The van der Waals surface area contributed by atoms with E-state index in [2.05, 4.69) is 17.6 Å². The van der Waals surface area contributed by atoms with Crippen molar-refractivity contribution in [2.75, 3.05) is 26.3 Å². The van der Waals surface area contributed by atoms with Crippen molar-refractivity contribution in [2.24, 2.45) is 5.92 Å². The first kappa shape index (κ1) is 16.3. The molecule has 1 aliphatic carbocycles. The zero-order chi connectivity index (χ0) is 13.8. The minimum atomic E-state index is -0.0356. The van der Waals surface area contributed by atoms with E-state index in [9.17, 15) is 4.79 Å². The Morgan fingerprint density at radius 2 is 1.79 bits per heavy atom. The Morgan fingerprint density at radius 1 is 1.11 bits per heavy atom. The topological polar surface area (TPSA) is 50.4 Å². The Bertz CT molecular complexity index is 228. The Kier molecular flexibility index (Phi) is 9.51. The van der Waals surface area contributed by atoms with Gasteiger partial charge < -0.3 is 15.4 Å². The molecule has 2 amide bonds. The molecular formula is C15H30N2O2. The lowest BCUT2D eigenvalue weighted by atomic mass is 10.0. The molecule has 2 N–H and O–H groups in total. The van der Waals surface area contributed by atoms with Crippen LogP contribution in [0.3, 0.4) is 0 Å². The third kappa shape index (κ3) is 8.87. The molecule has 0 aromatic heterocycles. The van der Waals surface area contributed by atoms with Gasteiger partial charge in [-0.3, -0.25) is 0 Å². The summed E-state index contributed by atoms with van der Waals surface area (Å²) in [5.74, 6) is 0.840. The van der Waals surface area contributed by atoms with E-state index in [-0.39, 0.29) is 6.03 Å². The second-order valence-electron chi connectivity index (χ2n) is 5.44. The summed E-state index contributed by atoms with van der Waals surface area (Å²) in [6.07, 6.45) is 9.74. The van der Waals surface area contributed by atoms with Crippen LogP contribution in [0.4, 0.5) is 4.79 Å². The van der Waals surface area contributed by atoms with Gasteiger partial charge in [0.2, 0.25) is 0 Å². The van der Waals surface area contributed by atoms with E-state index in [4.69, 9.17) is 4.74 Å². The number of nitrogens with one attached hydrogen (secondary N) is 2. The van der Waals surface area contributed by atoms with Gasteiger partial charge in [-0.2, -0.15) is 0 Å². The summed E-state index contributed by atoms with van der Waals surface area (Å²) in [6.45, 7) is 5.23. The average molecular weight is 270 g/mol. The first-order chi connectivity index (χ1) is 9.33. The molecule has 4 nitrogen and oxygen atoms in total. The Morgan fingerprint density at radius 3 is 2.53 bits per heavy atom. The van der Waals surface area contributed by atoms with Crippen LogP contribution < -0.4 is 10.6 Å². The van der Waals surface area contributed by atoms with E-state index >= 15 is 0 Å². The van der Waals surface area contributed by atoms with Gasteiger partial charge in [0.1, 0.15) is 0 Å². The fourth-order valence-electron chi connectivity index (χ4n) is 2.48. The van der Waals surface area contributed by atoms with Crippen molar-refractivity contribution >= 4 is 6.03 Å². The van der Waals surface area contributed by atoms with E-state index in [1.807, 2.05) is 0 Å². The fraction of sp³-hybridized carbons (Fsp3) is 0.933. The summed E-state index contributed by atoms with van der Waals surface area (Å²) in [5.41, 5.74) is 0. The van der Waals surface area contributed by atoms with Crippen LogP contribution in [0.2, 0.25) is 0 Å². The molecule has 0 bridgehead atoms. The van der Waals surface area contributed by atoms with Crippen LogP contribution in [-0.2, 0) is 4.74 Å². The first-order valence-corrected chi connectivity index (χ1v) is 7.92. The molecule has 1 aliphatic rings. The van der Waals surface area contributed by atoms with Gasteiger partial charge in [0.15, 0.2) is 0 Å². The van der Waals surface area contributed by atoms with Gasteiger partial charge in [-0.05, 0) is 25.2 Å². The lowest BCUT2D eigenvalue weighted by Gasteiger charge is -2.10. The van der Waals surface area contributed by atoms with Gasteiger partial charge in [-0.25, -0.2) is 4.79 Å². The molecule has 0 spiro atoms. The number of urea groups is 1. The molecule has 1 fully saturated rings. The molecule has 0 heterocycles. The molecule has 112 valence electrons. The van der Waals surface area contributed by atoms with Crippen LogP contribution in [0.25, 0.3) is 0 Å². The molecule has 0 aliphatic heterocycles. The number of carbonyl (C=O) groups excluding carboxylic acids is 1. The highest BCUT2D eigenvalue weighted by Gasteiger charge is 2.14. The summed E-state index contributed by atoms with van der Waals surface area (Å²) >= 11 is 0. The highest BCUT2D eigenvalue weighted by molar-refractivity contribution is 5.73. The SMILES string of the molecule is CCCCOCCCNC(=O)NCCC1CCCC1. The zero-order valence-electron chi connectivity index (χ0n) is 12.4. The van der Waals surface area contributed by atoms with Crippen LogP contribution in [0, 0.1) is 5.92 Å². The Labute approximate surface area is 117 Å². The van der Waals surface area contributed by atoms with Gasteiger partial charge in [0.25, 0.3) is 0 Å². The zero-order valence-corrected chi connectivity index (χ0v) is 12.4. The summed E-state index contributed by atoms with van der Waals surface area (Å²) in [5, 5.41) is 5.80. The highest BCUT2D eigenvalue weighted by atomic mass is 16.5. The molecule has 0 radical (unpaired) electrons. The molecular weight excluding hydrogens is 240 g/mol. The second-order valence-corrected chi connectivity index (χ2v) is 5.44. The van der Waals surface area contributed by atoms with Crippen LogP contribution in [0.15, 0.2) is 0 Å². The number of carbonyl (C=O) groups is 1. The molecule has 1 saturated carbocycles. The van der Waals surface area contributed by atoms with Crippen LogP contribution in [-0.4, -0.2) is 32.3 Å². The quantitative estimate of drug-likeness (QED) is 0.599. The number of hydrogen-bond donors (Lipinski definition) is 2. The maximum absolute atomic E-state index is 11.5. The molecule has 0 atom stereocenters. The van der Waals surface area contributed by atoms with E-state index < -0.39 is 0 Å². The lowest BCUT2D eigenvalue weighted by Crippen LogP contribution is -2.37. The number of ether oxygens (including phenoxy) is 1. The van der Waals surface area contributed by atoms with Gasteiger partial charge in [0, 0.05) is 26.3 Å². The van der Waals surface area contributed by atoms with Gasteiger partial charge in [0.05, 0.1) is 0 Å². The molecule has 19 heavy (non-hydrogen) atoms. The lowest BCUT2D eigenvalue weighted by molar-refractivity contribution is 0.129. The molecule has 1 rings (SSSR count). The number of unbranched alkanes of at least 4 members (excludes halogenated alkanes) is 1. The number of amides is 2. The van der Waals surface area contributed by atoms with Crippen LogP contribution in [0.5, 0.6) is 0 Å². The standard InChI is InChI=1S/C15H30N2O2/c1-2-3-12-19-13-6-10-16-15(18)17-11-9-14-7-4-5-8-14/h14H,2-13H2,1H3,(H2,16,17,18). The van der Waals surface area contributed by atoms with E-state index in [0.717, 1.165) is 44.9 Å². The van der Waals surface area contributed by atoms with Crippen molar-refractivity contribution < 1.29 is 9.53 Å². The normalized spacial score (nSPS) is 15.6. The van der Waals surface area contributed by atoms with E-state index in [1.165, 1.54) is 32.1 Å². The highest BCUT2D eigenvalue weighted by Crippen LogP contribution is 2.26. The maximum Gasteiger partial charge on any atom is 0.314 e. The van der Waals surface area contributed by atoms with Crippen LogP contribution >= 0.6 is 0 Å². The number of rotatable bonds is 10. The predicted octanol–water partition coefficient (Wildman–Crippen LogP) is 3.07. The number of hydrogen-bond acceptors (Lipinski definition) is 2. The molecule has 4 heteroatoms. The Balaban J connectivity index is 1.82. The van der Waals surface area contributed by atoms with Gasteiger partial charge in [-0.1, -0.05) is 39.0 Å². The van der Waals surface area contributed by atoms with Gasteiger partial charge in [-0.15, -0.1) is 0 Å². The molecule has 0 aromatic rings. The molecule has 0 saturated heterocycles. The average Bonchev–Trinajstić information content (AvgIpc) is 2.91. The maximum atomic E-state index is 11.5. The van der Waals surface area contributed by atoms with E-state index in [0.29, 0.717) is 6.54 Å². The first-order valence-electron chi connectivity index (χ1n) is 7.92. The summed E-state index contributed by atoms with van der Waals surface area (Å²) in [4.78, 5) is 11.5. The van der Waals surface area contributed by atoms with Crippen molar-refractivity contribution in [2.45, 2.75) is 58.3 Å². The van der Waals surface area contributed by atoms with Gasteiger partial charge >= 0.3 is 6.03 Å². The minimum absolute atomic E-state index is 0.0356. The summed E-state index contributed by atoms with van der Waals surface area (Å²) in [7, 11) is 0. The largest absolute Gasteiger partial charge is 0.381 e. The predicted molar refractivity (Wildman–Crippen MR) is 78.3 cm³/mol. The third-order valence-corrected chi connectivity index (χ3v) is 3.71. The van der Waals surface area contributed by atoms with Crippen molar-refractivity contribution in [3.63, 3.8) is 0 Å². The molecule has 0 unspecified atom stereocenters. The molecule has 0 aromatic carbocycles. The second kappa shape index (κ2) is 11.1. The minimum Gasteiger partial charge on any atom is -0.381 e. The summed E-state index contributed by atoms with van der Waals surface area (Å²) < 4.78 is 5.43. The fourth-order valence-corrected chi connectivity index (χ4v) is 2.48. The van der Waals surface area contributed by atoms with Crippen molar-refractivity contribution in [3.05, 3.63) is 0 Å². The summed E-state index contributed by atoms with van der Waals surface area (Å²) in [6, 6.07) is -0.0356. The third-order valence-electron chi connectivity index (χ3n) is 3.71. The smallest absolute Gasteiger partial charge is 0.314 e. The van der Waals surface area contributed by atoms with Crippen LogP contribution in [0.1, 0.15) is 58.3 Å². The van der Waals surface area contributed by atoms with Crippen molar-refractivity contribution in [3.8, 4) is 0 Å². The monoisotopic (exact) mass is 270 g/mol. The van der Waals surface area contributed by atoms with E-state index in [1.54, 1.807) is 0 Å².